The smallest absolute Gasteiger partial charge is 0.338 e. The fourth-order valence-electron chi connectivity index (χ4n) is 3.95. The topological polar surface area (TPSA) is 102 Å². The maximum absolute atomic E-state index is 13.2. The molecule has 188 valence electrons. The number of methoxy groups -OCH3 is 2. The van der Waals surface area contributed by atoms with Crippen molar-refractivity contribution in [2.45, 2.75) is 25.9 Å². The summed E-state index contributed by atoms with van der Waals surface area (Å²) in [7, 11) is 3.15. The fraction of sp³-hybridized carbons (Fsp3) is 0.308. The Morgan fingerprint density at radius 2 is 1.92 bits per heavy atom. The monoisotopic (exact) mass is 508 g/mol. The highest BCUT2D eigenvalue weighted by atomic mass is 32.2. The Hall–Kier alpha value is -3.63. The van der Waals surface area contributed by atoms with Crippen LogP contribution in [0.5, 0.6) is 5.75 Å². The molecule has 1 atom stereocenters. The van der Waals surface area contributed by atoms with E-state index in [1.807, 2.05) is 52.8 Å². The van der Waals surface area contributed by atoms with E-state index in [0.717, 1.165) is 17.0 Å². The van der Waals surface area contributed by atoms with E-state index in [0.29, 0.717) is 35.3 Å². The van der Waals surface area contributed by atoms with Gasteiger partial charge in [-0.25, -0.2) is 9.79 Å². The second-order valence-electron chi connectivity index (χ2n) is 8.07. The van der Waals surface area contributed by atoms with Crippen molar-refractivity contribution in [3.8, 4) is 5.75 Å². The minimum absolute atomic E-state index is 0.122. The van der Waals surface area contributed by atoms with Gasteiger partial charge in [-0.15, -0.1) is 0 Å². The van der Waals surface area contributed by atoms with Gasteiger partial charge in [0, 0.05) is 19.0 Å². The van der Waals surface area contributed by atoms with Gasteiger partial charge in [-0.1, -0.05) is 30.0 Å². The summed E-state index contributed by atoms with van der Waals surface area (Å²) >= 11 is 1.43. The maximum atomic E-state index is 13.2. The number of amidine groups is 1. The van der Waals surface area contributed by atoms with Gasteiger partial charge in [0.15, 0.2) is 5.17 Å². The lowest BCUT2D eigenvalue weighted by molar-refractivity contribution is -0.141. The molecular formula is C26H28N4O5S. The maximum Gasteiger partial charge on any atom is 0.338 e. The number of carbonyl (C=O) groups is 2. The molecule has 0 saturated carbocycles. The number of carbonyl (C=O) groups excluding carboxylic acids is 2. The number of nitrogens with one attached hydrogen (secondary N) is 1. The van der Waals surface area contributed by atoms with Gasteiger partial charge in [0.25, 0.3) is 0 Å². The number of allylic oxidation sites excluding steroid dienone is 1. The Morgan fingerprint density at radius 3 is 2.61 bits per heavy atom. The van der Waals surface area contributed by atoms with Crippen LogP contribution < -0.4 is 10.1 Å². The van der Waals surface area contributed by atoms with Crippen molar-refractivity contribution in [3.05, 3.63) is 82.3 Å². The second kappa shape index (κ2) is 11.9. The van der Waals surface area contributed by atoms with Gasteiger partial charge in [-0.2, -0.15) is 0 Å². The predicted octanol–water partition coefficient (Wildman–Crippen LogP) is 3.56. The summed E-state index contributed by atoms with van der Waals surface area (Å²) in [5.41, 5.74) is 3.36. The molecular weight excluding hydrogens is 480 g/mol. The van der Waals surface area contributed by atoms with Gasteiger partial charge in [-0.05, 0) is 42.2 Å². The van der Waals surface area contributed by atoms with Crippen LogP contribution in [-0.2, 0) is 25.6 Å². The summed E-state index contributed by atoms with van der Waals surface area (Å²) in [6.45, 7) is 2.55. The average molecular weight is 509 g/mol. The van der Waals surface area contributed by atoms with E-state index in [2.05, 4.69) is 15.3 Å². The molecule has 1 unspecified atom stereocenters. The number of pyridine rings is 1. The zero-order valence-electron chi connectivity index (χ0n) is 20.4. The highest BCUT2D eigenvalue weighted by Gasteiger charge is 2.41. The SMILES string of the molecule is COCCOC(=O)C1=C(C)N=C2SC=C(CC(=O)NCc3ccccn3)N2C1c1ccc(OC)cc1. The van der Waals surface area contributed by atoms with Crippen molar-refractivity contribution < 1.29 is 23.8 Å². The highest BCUT2D eigenvalue weighted by Crippen LogP contribution is 2.45. The fourth-order valence-corrected chi connectivity index (χ4v) is 4.91. The lowest BCUT2D eigenvalue weighted by atomic mass is 9.93. The number of fused-ring (bicyclic) bond motifs is 1. The Bertz CT molecular complexity index is 1190. The molecule has 0 fully saturated rings. The van der Waals surface area contributed by atoms with Crippen LogP contribution >= 0.6 is 11.8 Å². The number of benzene rings is 1. The molecule has 2 aliphatic heterocycles. The van der Waals surface area contributed by atoms with Crippen LogP contribution in [0.2, 0.25) is 0 Å². The van der Waals surface area contributed by atoms with Crippen LogP contribution in [0.1, 0.15) is 30.6 Å². The van der Waals surface area contributed by atoms with Gasteiger partial charge in [0.2, 0.25) is 5.91 Å². The first-order chi connectivity index (χ1) is 17.5. The van der Waals surface area contributed by atoms with Crippen molar-refractivity contribution in [1.82, 2.24) is 15.2 Å². The minimum Gasteiger partial charge on any atom is -0.497 e. The molecule has 9 nitrogen and oxygen atoms in total. The van der Waals surface area contributed by atoms with E-state index >= 15 is 0 Å². The normalized spacial score (nSPS) is 16.8. The van der Waals surface area contributed by atoms with Crippen LogP contribution in [0.4, 0.5) is 0 Å². The van der Waals surface area contributed by atoms with Crippen molar-refractivity contribution in [3.63, 3.8) is 0 Å². The number of hydrogen-bond donors (Lipinski definition) is 1. The van der Waals surface area contributed by atoms with Crippen LogP contribution in [0, 0.1) is 0 Å². The summed E-state index contributed by atoms with van der Waals surface area (Å²) in [6, 6.07) is 12.6. The largest absolute Gasteiger partial charge is 0.497 e. The van der Waals surface area contributed by atoms with Gasteiger partial charge >= 0.3 is 5.97 Å². The first-order valence-electron chi connectivity index (χ1n) is 11.4. The molecule has 0 radical (unpaired) electrons. The number of rotatable bonds is 10. The van der Waals surface area contributed by atoms with Crippen LogP contribution in [-0.4, -0.2) is 54.4 Å². The first kappa shape index (κ1) is 25.5. The van der Waals surface area contributed by atoms with Gasteiger partial charge in [-0.3, -0.25) is 9.78 Å². The van der Waals surface area contributed by atoms with E-state index in [4.69, 9.17) is 14.2 Å². The Labute approximate surface area is 214 Å². The van der Waals surface area contributed by atoms with E-state index in [9.17, 15) is 9.59 Å². The number of aliphatic imine (C=N–C) groups is 1. The molecule has 0 spiro atoms. The standard InChI is InChI=1S/C26H28N4O5S/c1-17-23(25(32)35-13-12-33-2)24(18-7-9-21(34-3)10-8-18)30-20(16-36-26(30)29-17)14-22(31)28-15-19-6-4-5-11-27-19/h4-11,16,24H,12-15H2,1-3H3,(H,28,31). The summed E-state index contributed by atoms with van der Waals surface area (Å²) < 4.78 is 15.8. The molecule has 0 bridgehead atoms. The lowest BCUT2D eigenvalue weighted by Crippen LogP contribution is -2.38. The zero-order valence-corrected chi connectivity index (χ0v) is 21.2. The molecule has 2 aliphatic rings. The number of ether oxygens (including phenoxy) is 3. The number of aromatic nitrogens is 1. The van der Waals surface area contributed by atoms with Crippen LogP contribution in [0.25, 0.3) is 0 Å². The third-order valence-corrected chi connectivity index (χ3v) is 6.60. The minimum atomic E-state index is -0.511. The van der Waals surface area contributed by atoms with Crippen molar-refractivity contribution >= 4 is 28.8 Å². The molecule has 0 aliphatic carbocycles. The second-order valence-corrected chi connectivity index (χ2v) is 8.91. The molecule has 1 N–H and O–H groups in total. The molecule has 3 heterocycles. The lowest BCUT2D eigenvalue weighted by Gasteiger charge is -2.36. The average Bonchev–Trinajstić information content (AvgIpc) is 3.29. The number of hydrogen-bond acceptors (Lipinski definition) is 9. The number of nitrogens with zero attached hydrogens (tertiary/aromatic N) is 3. The predicted molar refractivity (Wildman–Crippen MR) is 137 cm³/mol. The molecule has 1 aromatic carbocycles. The summed E-state index contributed by atoms with van der Waals surface area (Å²) in [5.74, 6) is 0.0792. The van der Waals surface area contributed by atoms with Gasteiger partial charge in [0.1, 0.15) is 12.4 Å². The summed E-state index contributed by atoms with van der Waals surface area (Å²) in [6.07, 6.45) is 1.81. The number of amides is 1. The molecule has 1 amide bonds. The van der Waals surface area contributed by atoms with Crippen molar-refractivity contribution in [2.24, 2.45) is 4.99 Å². The Balaban J connectivity index is 1.60. The van der Waals surface area contributed by atoms with E-state index < -0.39 is 12.0 Å². The molecule has 2 aromatic rings. The van der Waals surface area contributed by atoms with Crippen LogP contribution in [0.15, 0.2) is 76.0 Å². The molecule has 4 rings (SSSR count). The molecule has 0 saturated heterocycles. The van der Waals surface area contributed by atoms with Crippen molar-refractivity contribution in [2.75, 3.05) is 27.4 Å². The van der Waals surface area contributed by atoms with Crippen molar-refractivity contribution in [1.29, 1.82) is 0 Å². The number of thioether (sulfide) groups is 1. The van der Waals surface area contributed by atoms with E-state index in [1.165, 1.54) is 11.8 Å². The Kier molecular flexibility index (Phi) is 8.40. The third-order valence-electron chi connectivity index (χ3n) is 5.71. The highest BCUT2D eigenvalue weighted by molar-refractivity contribution is 8.16. The van der Waals surface area contributed by atoms with Gasteiger partial charge in [0.05, 0.1) is 49.7 Å². The van der Waals surface area contributed by atoms with Gasteiger partial charge < -0.3 is 24.4 Å². The molecule has 10 heteroatoms. The quantitative estimate of drug-likeness (QED) is 0.384. The molecule has 36 heavy (non-hydrogen) atoms. The first-order valence-corrected chi connectivity index (χ1v) is 12.3. The molecule has 1 aromatic heterocycles. The summed E-state index contributed by atoms with van der Waals surface area (Å²) in [4.78, 5) is 36.9. The van der Waals surface area contributed by atoms with E-state index in [1.54, 1.807) is 27.3 Å². The Morgan fingerprint density at radius 1 is 1.11 bits per heavy atom. The zero-order chi connectivity index (χ0) is 25.5. The van der Waals surface area contributed by atoms with Crippen LogP contribution in [0.3, 0.4) is 0 Å². The number of esters is 1. The third kappa shape index (κ3) is 5.77. The van der Waals surface area contributed by atoms with E-state index in [-0.39, 0.29) is 18.9 Å². The summed E-state index contributed by atoms with van der Waals surface area (Å²) in [5, 5.41) is 5.52.